The van der Waals surface area contributed by atoms with Crippen LogP contribution in [0.3, 0.4) is 0 Å². The van der Waals surface area contributed by atoms with Gasteiger partial charge in [-0.25, -0.2) is 0 Å². The average molecular weight is 339 g/mol. The number of hydrogen-bond donors (Lipinski definition) is 1. The van der Waals surface area contributed by atoms with E-state index in [-0.39, 0.29) is 5.91 Å². The molecule has 0 unspecified atom stereocenters. The molecule has 6 heteroatoms. The maximum atomic E-state index is 12.2. The smallest absolute Gasteiger partial charge is 0.272 e. The van der Waals surface area contributed by atoms with Gasteiger partial charge in [-0.05, 0) is 31.2 Å². The van der Waals surface area contributed by atoms with Crippen molar-refractivity contribution in [3.05, 3.63) is 53.2 Å². The molecule has 1 aromatic heterocycles. The minimum atomic E-state index is -0.198. The number of carbonyl (C=O) groups excluding carboxylic acids is 1. The third kappa shape index (κ3) is 4.54. The second-order valence-electron chi connectivity index (χ2n) is 6.37. The van der Waals surface area contributed by atoms with Gasteiger partial charge in [0.2, 0.25) is 0 Å². The van der Waals surface area contributed by atoms with Crippen molar-refractivity contribution in [2.24, 2.45) is 0 Å². The molecule has 1 aliphatic rings. The standard InChI is InChI=1S/C19H25N5O/c1-3-23-9-11-24(12-10-23)18-8-7-17(21-22-18)19(25)20-14-16-6-4-5-15(2)13-16/h4-8,13H,3,9-12,14H2,1-2H3,(H,20,25). The molecule has 2 aromatic rings. The van der Waals surface area contributed by atoms with Crippen LogP contribution in [0.15, 0.2) is 36.4 Å². The van der Waals surface area contributed by atoms with Crippen LogP contribution in [0.25, 0.3) is 0 Å². The van der Waals surface area contributed by atoms with E-state index in [4.69, 9.17) is 0 Å². The second-order valence-corrected chi connectivity index (χ2v) is 6.37. The van der Waals surface area contributed by atoms with Gasteiger partial charge in [-0.1, -0.05) is 36.8 Å². The van der Waals surface area contributed by atoms with Gasteiger partial charge in [0.15, 0.2) is 11.5 Å². The first-order chi connectivity index (χ1) is 12.2. The number of piperazine rings is 1. The topological polar surface area (TPSA) is 61.4 Å². The van der Waals surface area contributed by atoms with Crippen molar-refractivity contribution in [2.75, 3.05) is 37.6 Å². The summed E-state index contributed by atoms with van der Waals surface area (Å²) in [6.07, 6.45) is 0. The van der Waals surface area contributed by atoms with Crippen molar-refractivity contribution in [2.45, 2.75) is 20.4 Å². The molecule has 1 saturated heterocycles. The summed E-state index contributed by atoms with van der Waals surface area (Å²) in [7, 11) is 0. The van der Waals surface area contributed by atoms with Gasteiger partial charge in [-0.3, -0.25) is 4.79 Å². The zero-order chi connectivity index (χ0) is 17.6. The molecule has 1 amide bonds. The van der Waals surface area contributed by atoms with Gasteiger partial charge in [-0.15, -0.1) is 10.2 Å². The molecule has 1 N–H and O–H groups in total. The third-order valence-corrected chi connectivity index (χ3v) is 4.56. The van der Waals surface area contributed by atoms with Crippen molar-refractivity contribution in [1.29, 1.82) is 0 Å². The molecule has 25 heavy (non-hydrogen) atoms. The van der Waals surface area contributed by atoms with Crippen LogP contribution >= 0.6 is 0 Å². The molecule has 1 aromatic carbocycles. The normalized spacial score (nSPS) is 15.2. The molecule has 0 aliphatic carbocycles. The molecule has 1 fully saturated rings. The fourth-order valence-electron chi connectivity index (χ4n) is 3.00. The Kier molecular flexibility index (Phi) is 5.60. The molecule has 3 rings (SSSR count). The van der Waals surface area contributed by atoms with Crippen LogP contribution in [-0.4, -0.2) is 53.7 Å². The monoisotopic (exact) mass is 339 g/mol. The summed E-state index contributed by atoms with van der Waals surface area (Å²) in [5.74, 6) is 0.641. The van der Waals surface area contributed by atoms with Gasteiger partial charge >= 0.3 is 0 Å². The molecule has 0 spiro atoms. The Balaban J connectivity index is 1.55. The lowest BCUT2D eigenvalue weighted by atomic mass is 10.1. The van der Waals surface area contributed by atoms with E-state index in [0.29, 0.717) is 12.2 Å². The quantitative estimate of drug-likeness (QED) is 0.901. The summed E-state index contributed by atoms with van der Waals surface area (Å²) < 4.78 is 0. The van der Waals surface area contributed by atoms with Gasteiger partial charge < -0.3 is 15.1 Å². The number of amides is 1. The minimum absolute atomic E-state index is 0.198. The molecular weight excluding hydrogens is 314 g/mol. The zero-order valence-corrected chi connectivity index (χ0v) is 14.9. The van der Waals surface area contributed by atoms with Gasteiger partial charge in [0, 0.05) is 32.7 Å². The lowest BCUT2D eigenvalue weighted by molar-refractivity contribution is 0.0945. The van der Waals surface area contributed by atoms with Gasteiger partial charge in [0.25, 0.3) is 5.91 Å². The maximum absolute atomic E-state index is 12.2. The number of nitrogens with zero attached hydrogens (tertiary/aromatic N) is 4. The van der Waals surface area contributed by atoms with Crippen molar-refractivity contribution < 1.29 is 4.79 Å². The summed E-state index contributed by atoms with van der Waals surface area (Å²) >= 11 is 0. The predicted molar refractivity (Wildman–Crippen MR) is 98.7 cm³/mol. The largest absolute Gasteiger partial charge is 0.353 e. The van der Waals surface area contributed by atoms with Crippen LogP contribution in [-0.2, 0) is 6.54 Å². The molecule has 132 valence electrons. The van der Waals surface area contributed by atoms with E-state index in [0.717, 1.165) is 44.1 Å². The maximum Gasteiger partial charge on any atom is 0.272 e. The fourth-order valence-corrected chi connectivity index (χ4v) is 3.00. The molecular formula is C19H25N5O. The molecule has 0 radical (unpaired) electrons. The Bertz CT molecular complexity index is 708. The molecule has 0 bridgehead atoms. The Labute approximate surface area is 148 Å². The molecule has 2 heterocycles. The molecule has 0 atom stereocenters. The van der Waals surface area contributed by atoms with E-state index < -0.39 is 0 Å². The van der Waals surface area contributed by atoms with Crippen molar-refractivity contribution in [1.82, 2.24) is 20.4 Å². The Hall–Kier alpha value is -2.47. The first-order valence-electron chi connectivity index (χ1n) is 8.80. The van der Waals surface area contributed by atoms with Crippen LogP contribution in [0.5, 0.6) is 0 Å². The SMILES string of the molecule is CCN1CCN(c2ccc(C(=O)NCc3cccc(C)c3)nn2)CC1. The summed E-state index contributed by atoms with van der Waals surface area (Å²) in [5.41, 5.74) is 2.61. The summed E-state index contributed by atoms with van der Waals surface area (Å²) in [6.45, 7) is 9.76. The van der Waals surface area contributed by atoms with Crippen molar-refractivity contribution >= 4 is 11.7 Å². The Morgan fingerprint density at radius 2 is 1.92 bits per heavy atom. The fraction of sp³-hybridized carbons (Fsp3) is 0.421. The van der Waals surface area contributed by atoms with Crippen LogP contribution in [0, 0.1) is 6.92 Å². The highest BCUT2D eigenvalue weighted by molar-refractivity contribution is 5.92. The van der Waals surface area contributed by atoms with Crippen LogP contribution in [0.4, 0.5) is 5.82 Å². The van der Waals surface area contributed by atoms with Crippen LogP contribution < -0.4 is 10.2 Å². The summed E-state index contributed by atoms with van der Waals surface area (Å²) in [5, 5.41) is 11.2. The van der Waals surface area contributed by atoms with Crippen molar-refractivity contribution in [3.63, 3.8) is 0 Å². The number of aromatic nitrogens is 2. The zero-order valence-electron chi connectivity index (χ0n) is 14.9. The number of rotatable bonds is 5. The van der Waals surface area contributed by atoms with E-state index in [9.17, 15) is 4.79 Å². The lowest BCUT2D eigenvalue weighted by Gasteiger charge is -2.34. The minimum Gasteiger partial charge on any atom is -0.353 e. The molecule has 1 aliphatic heterocycles. The van der Waals surface area contributed by atoms with E-state index >= 15 is 0 Å². The summed E-state index contributed by atoms with van der Waals surface area (Å²) in [4.78, 5) is 16.9. The summed E-state index contributed by atoms with van der Waals surface area (Å²) in [6, 6.07) is 11.7. The number of benzene rings is 1. The highest BCUT2D eigenvalue weighted by Crippen LogP contribution is 2.13. The number of nitrogens with one attached hydrogen (secondary N) is 1. The first-order valence-corrected chi connectivity index (χ1v) is 8.80. The average Bonchev–Trinajstić information content (AvgIpc) is 2.66. The number of hydrogen-bond acceptors (Lipinski definition) is 5. The third-order valence-electron chi connectivity index (χ3n) is 4.56. The number of likely N-dealkylation sites (N-methyl/N-ethyl adjacent to an activating group) is 1. The Morgan fingerprint density at radius 3 is 2.56 bits per heavy atom. The number of aryl methyl sites for hydroxylation is 1. The van der Waals surface area contributed by atoms with Crippen LogP contribution in [0.2, 0.25) is 0 Å². The van der Waals surface area contributed by atoms with Crippen molar-refractivity contribution in [3.8, 4) is 0 Å². The van der Waals surface area contributed by atoms with E-state index in [1.807, 2.05) is 31.2 Å². The highest BCUT2D eigenvalue weighted by atomic mass is 16.1. The highest BCUT2D eigenvalue weighted by Gasteiger charge is 2.17. The van der Waals surface area contributed by atoms with Gasteiger partial charge in [-0.2, -0.15) is 0 Å². The Morgan fingerprint density at radius 1 is 1.12 bits per heavy atom. The second kappa shape index (κ2) is 8.07. The predicted octanol–water partition coefficient (Wildman–Crippen LogP) is 1.86. The van der Waals surface area contributed by atoms with E-state index in [1.165, 1.54) is 5.56 Å². The molecule has 6 nitrogen and oxygen atoms in total. The first kappa shape index (κ1) is 17.4. The van der Waals surface area contributed by atoms with Gasteiger partial charge in [0.1, 0.15) is 0 Å². The van der Waals surface area contributed by atoms with E-state index in [2.05, 4.69) is 38.3 Å². The number of anilines is 1. The lowest BCUT2D eigenvalue weighted by Crippen LogP contribution is -2.46. The van der Waals surface area contributed by atoms with Gasteiger partial charge in [0.05, 0.1) is 0 Å². The van der Waals surface area contributed by atoms with E-state index in [1.54, 1.807) is 6.07 Å². The van der Waals surface area contributed by atoms with Crippen LogP contribution in [0.1, 0.15) is 28.5 Å². The molecule has 0 saturated carbocycles. The number of carbonyl (C=O) groups is 1.